The summed E-state index contributed by atoms with van der Waals surface area (Å²) in [6.45, 7) is 1.49. The fourth-order valence-corrected chi connectivity index (χ4v) is 2.83. The van der Waals surface area contributed by atoms with Crippen molar-refractivity contribution in [3.05, 3.63) is 11.6 Å². The molecule has 2 atom stereocenters. The largest absolute Gasteiger partial charge is 0.481 e. The monoisotopic (exact) mass is 265 g/mol. The van der Waals surface area contributed by atoms with E-state index in [0.717, 1.165) is 37.5 Å². The summed E-state index contributed by atoms with van der Waals surface area (Å²) in [5.74, 6) is 0.569. The number of hydrogen-bond acceptors (Lipinski definition) is 4. The molecule has 1 aromatic heterocycles. The number of fused-ring (bicyclic) bond motifs is 1. The highest BCUT2D eigenvalue weighted by Crippen LogP contribution is 2.21. The SMILES string of the molecule is O=C(O)C1CCn2nc(CC3CCCCO3)nc2C1. The van der Waals surface area contributed by atoms with Gasteiger partial charge < -0.3 is 9.84 Å². The van der Waals surface area contributed by atoms with E-state index in [-0.39, 0.29) is 12.0 Å². The smallest absolute Gasteiger partial charge is 0.307 e. The van der Waals surface area contributed by atoms with Gasteiger partial charge in [0.2, 0.25) is 0 Å². The van der Waals surface area contributed by atoms with E-state index < -0.39 is 5.97 Å². The van der Waals surface area contributed by atoms with Crippen molar-refractivity contribution in [1.29, 1.82) is 0 Å². The second kappa shape index (κ2) is 5.28. The maximum atomic E-state index is 11.0. The van der Waals surface area contributed by atoms with Gasteiger partial charge in [-0.05, 0) is 25.7 Å². The van der Waals surface area contributed by atoms with Gasteiger partial charge in [-0.15, -0.1) is 0 Å². The summed E-state index contributed by atoms with van der Waals surface area (Å²) in [5.41, 5.74) is 0. The van der Waals surface area contributed by atoms with Gasteiger partial charge in [0.15, 0.2) is 5.82 Å². The predicted molar refractivity (Wildman–Crippen MR) is 66.8 cm³/mol. The molecule has 2 aliphatic rings. The number of carboxylic acids is 1. The molecule has 1 aromatic rings. The van der Waals surface area contributed by atoms with Gasteiger partial charge in [-0.25, -0.2) is 9.67 Å². The summed E-state index contributed by atoms with van der Waals surface area (Å²) < 4.78 is 7.55. The number of aryl methyl sites for hydroxylation is 1. The second-order valence-corrected chi connectivity index (χ2v) is 5.39. The number of carboxylic acid groups (broad SMARTS) is 1. The van der Waals surface area contributed by atoms with E-state index in [2.05, 4.69) is 10.1 Å². The lowest BCUT2D eigenvalue weighted by molar-refractivity contribution is -0.142. The highest BCUT2D eigenvalue weighted by molar-refractivity contribution is 5.70. The third-order valence-corrected chi connectivity index (χ3v) is 3.94. The molecule has 1 saturated heterocycles. The summed E-state index contributed by atoms with van der Waals surface area (Å²) in [4.78, 5) is 15.5. The lowest BCUT2D eigenvalue weighted by Crippen LogP contribution is -2.26. The fraction of sp³-hybridized carbons (Fsp3) is 0.769. The van der Waals surface area contributed by atoms with Crippen LogP contribution in [0.5, 0.6) is 0 Å². The molecule has 19 heavy (non-hydrogen) atoms. The minimum Gasteiger partial charge on any atom is -0.481 e. The van der Waals surface area contributed by atoms with E-state index in [0.29, 0.717) is 19.4 Å². The Morgan fingerprint density at radius 3 is 3.05 bits per heavy atom. The molecule has 0 aliphatic carbocycles. The van der Waals surface area contributed by atoms with Crippen LogP contribution in [0.3, 0.4) is 0 Å². The molecule has 1 N–H and O–H groups in total. The van der Waals surface area contributed by atoms with Crippen LogP contribution in [-0.2, 0) is 28.9 Å². The molecule has 104 valence electrons. The van der Waals surface area contributed by atoms with Crippen molar-refractivity contribution in [2.45, 2.75) is 51.2 Å². The first kappa shape index (κ1) is 12.6. The topological polar surface area (TPSA) is 77.2 Å². The molecular weight excluding hydrogens is 246 g/mol. The molecule has 0 aromatic carbocycles. The lowest BCUT2D eigenvalue weighted by Gasteiger charge is -2.21. The van der Waals surface area contributed by atoms with Crippen LogP contribution in [-0.4, -0.2) is 38.6 Å². The van der Waals surface area contributed by atoms with E-state index >= 15 is 0 Å². The zero-order chi connectivity index (χ0) is 13.2. The minimum atomic E-state index is -0.730. The Kier molecular flexibility index (Phi) is 3.50. The summed E-state index contributed by atoms with van der Waals surface area (Å²) in [6.07, 6.45) is 5.54. The van der Waals surface area contributed by atoms with Gasteiger partial charge in [-0.3, -0.25) is 4.79 Å². The standard InChI is InChI=1S/C13H19N3O3/c17-13(18)9-4-5-16-12(7-9)14-11(15-16)8-10-3-1-2-6-19-10/h9-10H,1-8H2,(H,17,18). The molecule has 3 heterocycles. The Morgan fingerprint density at radius 2 is 2.32 bits per heavy atom. The Hall–Kier alpha value is -1.43. The van der Waals surface area contributed by atoms with E-state index in [1.165, 1.54) is 6.42 Å². The van der Waals surface area contributed by atoms with Gasteiger partial charge >= 0.3 is 5.97 Å². The molecular formula is C13H19N3O3. The van der Waals surface area contributed by atoms with Crippen molar-refractivity contribution in [3.8, 4) is 0 Å². The Labute approximate surface area is 111 Å². The number of carbonyl (C=O) groups is 1. The maximum absolute atomic E-state index is 11.0. The van der Waals surface area contributed by atoms with Crippen LogP contribution in [0.4, 0.5) is 0 Å². The molecule has 6 heteroatoms. The number of hydrogen-bond donors (Lipinski definition) is 1. The van der Waals surface area contributed by atoms with Crippen molar-refractivity contribution < 1.29 is 14.6 Å². The predicted octanol–water partition coefficient (Wildman–Crippen LogP) is 1.04. The first-order valence-corrected chi connectivity index (χ1v) is 6.99. The fourth-order valence-electron chi connectivity index (χ4n) is 2.83. The summed E-state index contributed by atoms with van der Waals surface area (Å²) >= 11 is 0. The van der Waals surface area contributed by atoms with Crippen molar-refractivity contribution in [1.82, 2.24) is 14.8 Å². The van der Waals surface area contributed by atoms with Gasteiger partial charge in [0.25, 0.3) is 0 Å². The molecule has 2 aliphatic heterocycles. The quantitative estimate of drug-likeness (QED) is 0.883. The van der Waals surface area contributed by atoms with Crippen LogP contribution >= 0.6 is 0 Å². The van der Waals surface area contributed by atoms with Crippen LogP contribution < -0.4 is 0 Å². The van der Waals surface area contributed by atoms with Crippen LogP contribution in [0, 0.1) is 5.92 Å². The van der Waals surface area contributed by atoms with Crippen molar-refractivity contribution in [2.75, 3.05) is 6.61 Å². The number of ether oxygens (including phenoxy) is 1. The van der Waals surface area contributed by atoms with Crippen LogP contribution in [0.25, 0.3) is 0 Å². The van der Waals surface area contributed by atoms with Gasteiger partial charge in [0.1, 0.15) is 5.82 Å². The third-order valence-electron chi connectivity index (χ3n) is 3.94. The molecule has 1 fully saturated rings. The molecule has 6 nitrogen and oxygen atoms in total. The number of aromatic nitrogens is 3. The third kappa shape index (κ3) is 2.78. The minimum absolute atomic E-state index is 0.230. The van der Waals surface area contributed by atoms with Crippen molar-refractivity contribution in [2.24, 2.45) is 5.92 Å². The molecule has 0 radical (unpaired) electrons. The molecule has 0 saturated carbocycles. The highest BCUT2D eigenvalue weighted by atomic mass is 16.5. The Morgan fingerprint density at radius 1 is 1.42 bits per heavy atom. The second-order valence-electron chi connectivity index (χ2n) is 5.39. The molecule has 3 rings (SSSR count). The van der Waals surface area contributed by atoms with Crippen LogP contribution in [0.1, 0.15) is 37.3 Å². The normalized spacial score (nSPS) is 26.9. The number of aliphatic carboxylic acids is 1. The maximum Gasteiger partial charge on any atom is 0.307 e. The van der Waals surface area contributed by atoms with Gasteiger partial charge in [-0.1, -0.05) is 0 Å². The van der Waals surface area contributed by atoms with E-state index in [1.54, 1.807) is 0 Å². The van der Waals surface area contributed by atoms with Crippen molar-refractivity contribution in [3.63, 3.8) is 0 Å². The molecule has 0 spiro atoms. The lowest BCUT2D eigenvalue weighted by atomic mass is 9.98. The summed E-state index contributed by atoms with van der Waals surface area (Å²) in [6, 6.07) is 0. The molecule has 0 bridgehead atoms. The van der Waals surface area contributed by atoms with Gasteiger partial charge in [0, 0.05) is 26.0 Å². The highest BCUT2D eigenvalue weighted by Gasteiger charge is 2.27. The average molecular weight is 265 g/mol. The van der Waals surface area contributed by atoms with Gasteiger partial charge in [0.05, 0.1) is 12.0 Å². The van der Waals surface area contributed by atoms with E-state index in [4.69, 9.17) is 9.84 Å². The van der Waals surface area contributed by atoms with Crippen molar-refractivity contribution >= 4 is 5.97 Å². The zero-order valence-corrected chi connectivity index (χ0v) is 10.9. The first-order chi connectivity index (χ1) is 9.22. The van der Waals surface area contributed by atoms with E-state index in [9.17, 15) is 4.79 Å². The summed E-state index contributed by atoms with van der Waals surface area (Å²) in [5, 5.41) is 13.5. The first-order valence-electron chi connectivity index (χ1n) is 6.99. The zero-order valence-electron chi connectivity index (χ0n) is 10.9. The number of rotatable bonds is 3. The Bertz CT molecular complexity index is 466. The average Bonchev–Trinajstić information content (AvgIpc) is 2.80. The van der Waals surface area contributed by atoms with E-state index in [1.807, 2.05) is 4.68 Å². The Balaban J connectivity index is 1.67. The van der Waals surface area contributed by atoms with Crippen LogP contribution in [0.15, 0.2) is 0 Å². The summed E-state index contributed by atoms with van der Waals surface area (Å²) in [7, 11) is 0. The van der Waals surface area contributed by atoms with Crippen LogP contribution in [0.2, 0.25) is 0 Å². The number of nitrogens with zero attached hydrogens (tertiary/aromatic N) is 3. The van der Waals surface area contributed by atoms with Gasteiger partial charge in [-0.2, -0.15) is 5.10 Å². The molecule has 2 unspecified atom stereocenters. The molecule has 0 amide bonds.